The molecule has 1 fully saturated rings. The van der Waals surface area contributed by atoms with Gasteiger partial charge in [-0.15, -0.1) is 0 Å². The maximum Gasteiger partial charge on any atom is 0.332 e. The lowest BCUT2D eigenvalue weighted by molar-refractivity contribution is -0.133. The molecule has 2 aliphatic rings. The Bertz CT molecular complexity index is 290. The van der Waals surface area contributed by atoms with Crippen molar-refractivity contribution in [2.75, 3.05) is 13.2 Å². The molecule has 15 heavy (non-hydrogen) atoms. The lowest BCUT2D eigenvalue weighted by atomic mass is 10.0. The minimum atomic E-state index is -0.814. The number of alkyl halides is 1. The summed E-state index contributed by atoms with van der Waals surface area (Å²) in [6.07, 6.45) is 5.13. The van der Waals surface area contributed by atoms with E-state index in [1.165, 1.54) is 0 Å². The Morgan fingerprint density at radius 2 is 2.40 bits per heavy atom. The van der Waals surface area contributed by atoms with Gasteiger partial charge in [-0.25, -0.2) is 4.79 Å². The molecule has 0 aliphatic carbocycles. The van der Waals surface area contributed by atoms with Crippen LogP contribution in [0.25, 0.3) is 0 Å². The number of carboxylic acid groups (broad SMARTS) is 1. The Kier molecular flexibility index (Phi) is 3.05. The predicted octanol–water partition coefficient (Wildman–Crippen LogP) is 1.59. The summed E-state index contributed by atoms with van der Waals surface area (Å²) in [5, 5.41) is 9.03. The van der Waals surface area contributed by atoms with Gasteiger partial charge in [0.05, 0.1) is 12.2 Å². The summed E-state index contributed by atoms with van der Waals surface area (Å²) in [4.78, 5) is 13.2. The van der Waals surface area contributed by atoms with Gasteiger partial charge >= 0.3 is 5.97 Å². The molecule has 1 saturated heterocycles. The van der Waals surface area contributed by atoms with Gasteiger partial charge < -0.3 is 5.11 Å². The summed E-state index contributed by atoms with van der Waals surface area (Å²) in [6.45, 7) is 0.374. The zero-order chi connectivity index (χ0) is 10.8. The largest absolute Gasteiger partial charge is 0.478 e. The monoisotopic (exact) mass is 213 g/mol. The molecule has 0 amide bonds. The van der Waals surface area contributed by atoms with Gasteiger partial charge in [0.1, 0.15) is 0 Å². The third kappa shape index (κ3) is 1.91. The van der Waals surface area contributed by atoms with Crippen LogP contribution in [0, 0.1) is 0 Å². The number of nitrogens with zero attached hydrogens (tertiary/aromatic N) is 1. The molecular formula is C11H16FNO2. The average Bonchev–Trinajstić information content (AvgIpc) is 2.47. The quantitative estimate of drug-likeness (QED) is 0.771. The molecule has 1 N–H and O–H groups in total. The molecule has 0 aromatic heterocycles. The summed E-state index contributed by atoms with van der Waals surface area (Å²) in [7, 11) is 0. The first-order valence-corrected chi connectivity index (χ1v) is 5.49. The maximum atomic E-state index is 12.1. The highest BCUT2D eigenvalue weighted by Crippen LogP contribution is 2.35. The average molecular weight is 213 g/mol. The van der Waals surface area contributed by atoms with E-state index in [0.29, 0.717) is 24.6 Å². The first-order valence-electron chi connectivity index (χ1n) is 5.49. The second-order valence-electron chi connectivity index (χ2n) is 4.23. The van der Waals surface area contributed by atoms with Crippen molar-refractivity contribution in [1.82, 2.24) is 4.90 Å². The summed E-state index contributed by atoms with van der Waals surface area (Å²) in [5.74, 6) is -0.814. The van der Waals surface area contributed by atoms with Crippen molar-refractivity contribution in [1.29, 1.82) is 0 Å². The van der Waals surface area contributed by atoms with Crippen molar-refractivity contribution in [3.05, 3.63) is 11.6 Å². The van der Waals surface area contributed by atoms with Crippen LogP contribution in [0.4, 0.5) is 4.39 Å². The minimum Gasteiger partial charge on any atom is -0.478 e. The van der Waals surface area contributed by atoms with Gasteiger partial charge in [0.25, 0.3) is 0 Å². The van der Waals surface area contributed by atoms with Crippen molar-refractivity contribution in [3.8, 4) is 0 Å². The molecule has 2 atom stereocenters. The standard InChI is InChI=1S/C11H16FNO2/c12-6-1-7-13-8-2-4-9(11(14)15)10(13)5-3-8/h4,8,10H,1-3,5-7H2,(H,14,15)/t8-,10-/m0/s1. The van der Waals surface area contributed by atoms with Crippen LogP contribution in [0.5, 0.6) is 0 Å². The molecule has 84 valence electrons. The number of hydrogen-bond acceptors (Lipinski definition) is 2. The fraction of sp³-hybridized carbons (Fsp3) is 0.727. The Labute approximate surface area is 88.6 Å². The van der Waals surface area contributed by atoms with E-state index in [1.54, 1.807) is 0 Å². The number of fused-ring (bicyclic) bond motifs is 2. The fourth-order valence-corrected chi connectivity index (χ4v) is 2.73. The zero-order valence-electron chi connectivity index (χ0n) is 8.66. The molecule has 2 heterocycles. The van der Waals surface area contributed by atoms with E-state index < -0.39 is 5.97 Å². The van der Waals surface area contributed by atoms with Gasteiger partial charge in [-0.2, -0.15) is 0 Å². The van der Waals surface area contributed by atoms with E-state index in [1.807, 2.05) is 6.08 Å². The van der Waals surface area contributed by atoms with Crippen molar-refractivity contribution >= 4 is 5.97 Å². The maximum absolute atomic E-state index is 12.1. The Morgan fingerprint density at radius 3 is 3.07 bits per heavy atom. The predicted molar refractivity (Wildman–Crippen MR) is 54.4 cm³/mol. The summed E-state index contributed by atoms with van der Waals surface area (Å²) in [5.41, 5.74) is 0.516. The van der Waals surface area contributed by atoms with Gasteiger partial charge in [-0.05, 0) is 25.7 Å². The Hall–Kier alpha value is -0.900. The normalized spacial score (nSPS) is 30.3. The zero-order valence-corrected chi connectivity index (χ0v) is 8.66. The number of halogens is 1. The summed E-state index contributed by atoms with van der Waals surface area (Å²) < 4.78 is 12.1. The number of carboxylic acids is 1. The van der Waals surface area contributed by atoms with E-state index in [9.17, 15) is 9.18 Å². The highest BCUT2D eigenvalue weighted by molar-refractivity contribution is 5.88. The topological polar surface area (TPSA) is 40.5 Å². The SMILES string of the molecule is O=C(O)C1=CC[C@H]2CC[C@@H]1N2CCCF. The first-order chi connectivity index (χ1) is 7.24. The van der Waals surface area contributed by atoms with Crippen LogP contribution >= 0.6 is 0 Å². The van der Waals surface area contributed by atoms with Crippen LogP contribution in [0.2, 0.25) is 0 Å². The lowest BCUT2D eigenvalue weighted by Gasteiger charge is -2.33. The first kappa shape index (κ1) is 10.6. The van der Waals surface area contributed by atoms with Crippen LogP contribution in [-0.4, -0.2) is 41.3 Å². The minimum absolute atomic E-state index is 0.0350. The van der Waals surface area contributed by atoms with Gasteiger partial charge in [0.2, 0.25) is 0 Å². The van der Waals surface area contributed by atoms with Gasteiger partial charge in [0, 0.05) is 18.6 Å². The second kappa shape index (κ2) is 4.31. The van der Waals surface area contributed by atoms with E-state index >= 15 is 0 Å². The molecule has 0 radical (unpaired) electrons. The van der Waals surface area contributed by atoms with Gasteiger partial charge in [0.15, 0.2) is 0 Å². The van der Waals surface area contributed by atoms with E-state index in [4.69, 9.17) is 5.11 Å². The van der Waals surface area contributed by atoms with Gasteiger partial charge in [-0.1, -0.05) is 6.08 Å². The number of carbonyl (C=O) groups is 1. The Balaban J connectivity index is 2.09. The molecule has 3 nitrogen and oxygen atoms in total. The van der Waals surface area contributed by atoms with E-state index in [-0.39, 0.29) is 12.7 Å². The van der Waals surface area contributed by atoms with Crippen molar-refractivity contribution < 1.29 is 14.3 Å². The molecule has 0 aromatic rings. The highest BCUT2D eigenvalue weighted by atomic mass is 19.1. The van der Waals surface area contributed by atoms with E-state index in [2.05, 4.69) is 4.90 Å². The fourth-order valence-electron chi connectivity index (χ4n) is 2.73. The van der Waals surface area contributed by atoms with Crippen LogP contribution in [0.15, 0.2) is 11.6 Å². The Morgan fingerprint density at radius 1 is 1.60 bits per heavy atom. The molecule has 0 aromatic carbocycles. The van der Waals surface area contributed by atoms with Crippen molar-refractivity contribution in [2.24, 2.45) is 0 Å². The van der Waals surface area contributed by atoms with E-state index in [0.717, 1.165) is 19.3 Å². The molecule has 0 spiro atoms. The van der Waals surface area contributed by atoms with Crippen molar-refractivity contribution in [3.63, 3.8) is 0 Å². The van der Waals surface area contributed by atoms with Crippen LogP contribution in [-0.2, 0) is 4.79 Å². The molecule has 2 bridgehead atoms. The van der Waals surface area contributed by atoms with Crippen LogP contribution in [0.1, 0.15) is 25.7 Å². The van der Waals surface area contributed by atoms with Crippen LogP contribution < -0.4 is 0 Å². The molecule has 2 aliphatic heterocycles. The summed E-state index contributed by atoms with van der Waals surface area (Å²) >= 11 is 0. The molecule has 4 heteroatoms. The number of aliphatic carboxylic acids is 1. The third-order valence-corrected chi connectivity index (χ3v) is 3.41. The van der Waals surface area contributed by atoms with Crippen LogP contribution in [0.3, 0.4) is 0 Å². The lowest BCUT2D eigenvalue weighted by Crippen LogP contribution is -2.42. The smallest absolute Gasteiger partial charge is 0.332 e. The third-order valence-electron chi connectivity index (χ3n) is 3.41. The molecular weight excluding hydrogens is 197 g/mol. The number of hydrogen-bond donors (Lipinski definition) is 1. The highest BCUT2D eigenvalue weighted by Gasteiger charge is 2.39. The molecule has 0 saturated carbocycles. The number of rotatable bonds is 4. The van der Waals surface area contributed by atoms with Gasteiger partial charge in [-0.3, -0.25) is 9.29 Å². The second-order valence-corrected chi connectivity index (χ2v) is 4.23. The molecule has 0 unspecified atom stereocenters. The van der Waals surface area contributed by atoms with Crippen molar-refractivity contribution in [2.45, 2.75) is 37.8 Å². The summed E-state index contributed by atoms with van der Waals surface area (Å²) in [6, 6.07) is 0.484. The molecule has 2 rings (SSSR count).